The number of amides is 1. The van der Waals surface area contributed by atoms with E-state index in [1.165, 1.54) is 6.08 Å². The second kappa shape index (κ2) is 3.35. The van der Waals surface area contributed by atoms with Crippen molar-refractivity contribution in [2.45, 2.75) is 0 Å². The summed E-state index contributed by atoms with van der Waals surface area (Å²) in [5.74, 6) is -0.149. The highest BCUT2D eigenvalue weighted by molar-refractivity contribution is 8.26. The third kappa shape index (κ3) is 1.72. The molecule has 0 aliphatic carbocycles. The standard InChI is InChI=1S/C5H3N5O2S2/c11-4-2(14-5(13)6-4)1-3-7-9-10(12)8-3/h1,12H,(H,6,11,13)/b2-1-. The summed E-state index contributed by atoms with van der Waals surface area (Å²) in [6, 6.07) is 0. The monoisotopic (exact) mass is 229 g/mol. The molecule has 2 rings (SSSR count). The first-order chi connectivity index (χ1) is 6.65. The zero-order valence-electron chi connectivity index (χ0n) is 6.54. The molecule has 1 amide bonds. The normalized spacial score (nSPS) is 19.0. The minimum Gasteiger partial charge on any atom is -0.395 e. The van der Waals surface area contributed by atoms with E-state index in [-0.39, 0.29) is 11.7 Å². The minimum absolute atomic E-state index is 0.148. The van der Waals surface area contributed by atoms with Crippen molar-refractivity contribution in [3.05, 3.63) is 10.7 Å². The molecule has 2 N–H and O–H groups in total. The van der Waals surface area contributed by atoms with Gasteiger partial charge in [0.1, 0.15) is 4.32 Å². The largest absolute Gasteiger partial charge is 0.395 e. The highest BCUT2D eigenvalue weighted by Crippen LogP contribution is 2.24. The summed E-state index contributed by atoms with van der Waals surface area (Å²) in [5.41, 5.74) is 0. The average molecular weight is 229 g/mol. The highest BCUT2D eigenvalue weighted by Gasteiger charge is 2.22. The highest BCUT2D eigenvalue weighted by atomic mass is 32.2. The van der Waals surface area contributed by atoms with E-state index in [1.807, 2.05) is 0 Å². The van der Waals surface area contributed by atoms with Gasteiger partial charge in [-0.1, -0.05) is 29.1 Å². The van der Waals surface area contributed by atoms with Crippen LogP contribution in [0.25, 0.3) is 6.08 Å². The van der Waals surface area contributed by atoms with E-state index in [9.17, 15) is 4.79 Å². The predicted octanol–water partition coefficient (Wildman–Crippen LogP) is -0.601. The Morgan fingerprint density at radius 3 is 2.93 bits per heavy atom. The van der Waals surface area contributed by atoms with Crippen LogP contribution in [0.3, 0.4) is 0 Å². The second-order valence-electron chi connectivity index (χ2n) is 2.27. The van der Waals surface area contributed by atoms with Gasteiger partial charge in [-0.2, -0.15) is 0 Å². The lowest BCUT2D eigenvalue weighted by atomic mass is 10.4. The number of carbonyl (C=O) groups is 1. The van der Waals surface area contributed by atoms with Crippen LogP contribution >= 0.6 is 24.0 Å². The maximum Gasteiger partial charge on any atom is 0.263 e. The molecular weight excluding hydrogens is 226 g/mol. The van der Waals surface area contributed by atoms with Crippen molar-refractivity contribution in [1.82, 2.24) is 25.7 Å². The maximum atomic E-state index is 11.2. The molecule has 1 aromatic heterocycles. The number of thiocarbonyl (C=S) groups is 1. The molecule has 0 atom stereocenters. The number of hydrogen-bond donors (Lipinski definition) is 2. The van der Waals surface area contributed by atoms with Crippen LogP contribution in [-0.2, 0) is 4.79 Å². The maximum absolute atomic E-state index is 11.2. The number of carbonyl (C=O) groups excluding carboxylic acids is 1. The van der Waals surface area contributed by atoms with Gasteiger partial charge >= 0.3 is 0 Å². The molecule has 9 heteroatoms. The third-order valence-corrected chi connectivity index (χ3v) is 2.48. The fraction of sp³-hybridized carbons (Fsp3) is 0. The predicted molar refractivity (Wildman–Crippen MR) is 51.3 cm³/mol. The Kier molecular flexibility index (Phi) is 2.17. The summed E-state index contributed by atoms with van der Waals surface area (Å²) in [4.78, 5) is 11.9. The molecule has 1 aliphatic rings. The van der Waals surface area contributed by atoms with Crippen LogP contribution in [0.2, 0.25) is 0 Å². The number of nitrogens with one attached hydrogen (secondary N) is 1. The van der Waals surface area contributed by atoms with Gasteiger partial charge < -0.3 is 10.5 Å². The van der Waals surface area contributed by atoms with Gasteiger partial charge in [-0.05, 0) is 5.21 Å². The van der Waals surface area contributed by atoms with Crippen LogP contribution in [0.1, 0.15) is 5.82 Å². The van der Waals surface area contributed by atoms with Crippen molar-refractivity contribution in [2.24, 2.45) is 0 Å². The van der Waals surface area contributed by atoms with Gasteiger partial charge in [-0.3, -0.25) is 4.79 Å². The summed E-state index contributed by atoms with van der Waals surface area (Å²) in [7, 11) is 0. The van der Waals surface area contributed by atoms with Crippen molar-refractivity contribution in [2.75, 3.05) is 0 Å². The lowest BCUT2D eigenvalue weighted by molar-refractivity contribution is -0.115. The van der Waals surface area contributed by atoms with E-state index in [0.29, 0.717) is 14.2 Å². The number of hydrogen-bond acceptors (Lipinski definition) is 7. The molecule has 0 spiro atoms. The molecule has 2 heterocycles. The van der Waals surface area contributed by atoms with Crippen molar-refractivity contribution in [1.29, 1.82) is 0 Å². The lowest BCUT2D eigenvalue weighted by Gasteiger charge is -1.85. The van der Waals surface area contributed by atoms with Crippen LogP contribution < -0.4 is 5.32 Å². The average Bonchev–Trinajstić information content (AvgIpc) is 2.61. The second-order valence-corrected chi connectivity index (χ2v) is 3.99. The van der Waals surface area contributed by atoms with Gasteiger partial charge in [0.25, 0.3) is 5.91 Å². The molecule has 0 bridgehead atoms. The molecule has 0 unspecified atom stereocenters. The molecule has 72 valence electrons. The summed E-state index contributed by atoms with van der Waals surface area (Å²) >= 11 is 5.88. The van der Waals surface area contributed by atoms with Crippen molar-refractivity contribution in [3.63, 3.8) is 0 Å². The number of rotatable bonds is 1. The fourth-order valence-corrected chi connectivity index (χ4v) is 1.83. The molecule has 1 aromatic rings. The van der Waals surface area contributed by atoms with Crippen LogP contribution in [0.5, 0.6) is 0 Å². The number of thioether (sulfide) groups is 1. The van der Waals surface area contributed by atoms with E-state index in [0.717, 1.165) is 11.8 Å². The quantitative estimate of drug-likeness (QED) is 0.377. The SMILES string of the molecule is O=C1NC(=S)S/C1=C\c1nnn(O)n1. The van der Waals surface area contributed by atoms with Crippen LogP contribution in [0, 0.1) is 0 Å². The van der Waals surface area contributed by atoms with Crippen molar-refractivity contribution in [3.8, 4) is 0 Å². The first kappa shape index (κ1) is 9.09. The van der Waals surface area contributed by atoms with E-state index in [2.05, 4.69) is 20.7 Å². The van der Waals surface area contributed by atoms with E-state index < -0.39 is 0 Å². The van der Waals surface area contributed by atoms with Gasteiger partial charge in [-0.15, -0.1) is 5.10 Å². The summed E-state index contributed by atoms with van der Waals surface area (Å²) in [6.45, 7) is 0. The van der Waals surface area contributed by atoms with Gasteiger partial charge in [0.05, 0.1) is 4.91 Å². The number of nitrogens with zero attached hydrogens (tertiary/aromatic N) is 4. The minimum atomic E-state index is -0.297. The number of aromatic nitrogens is 4. The van der Waals surface area contributed by atoms with Crippen LogP contribution in [0.4, 0.5) is 0 Å². The van der Waals surface area contributed by atoms with E-state index in [1.54, 1.807) is 0 Å². The van der Waals surface area contributed by atoms with Crippen molar-refractivity contribution < 1.29 is 10.0 Å². The summed E-state index contributed by atoms with van der Waals surface area (Å²) in [5, 5.41) is 21.3. The Morgan fingerprint density at radius 2 is 2.43 bits per heavy atom. The third-order valence-electron chi connectivity index (χ3n) is 1.32. The fourth-order valence-electron chi connectivity index (χ4n) is 0.813. The Bertz CT molecular complexity index is 439. The molecule has 0 aromatic carbocycles. The van der Waals surface area contributed by atoms with E-state index >= 15 is 0 Å². The lowest BCUT2D eigenvalue weighted by Crippen LogP contribution is -2.17. The summed E-state index contributed by atoms with van der Waals surface area (Å²) in [6.07, 6.45) is 1.39. The Hall–Kier alpha value is -1.48. The molecule has 1 saturated heterocycles. The van der Waals surface area contributed by atoms with Crippen molar-refractivity contribution >= 4 is 40.3 Å². The zero-order valence-corrected chi connectivity index (χ0v) is 8.17. The van der Waals surface area contributed by atoms with Gasteiger partial charge in [0, 0.05) is 11.0 Å². The van der Waals surface area contributed by atoms with Crippen LogP contribution in [0.15, 0.2) is 4.91 Å². The molecule has 7 nitrogen and oxygen atoms in total. The Labute approximate surface area is 87.1 Å². The zero-order chi connectivity index (χ0) is 10.1. The first-order valence-electron chi connectivity index (χ1n) is 3.39. The molecule has 14 heavy (non-hydrogen) atoms. The molecule has 0 saturated carbocycles. The van der Waals surface area contributed by atoms with Crippen LogP contribution in [-0.4, -0.2) is 35.8 Å². The molecular formula is C5H3N5O2S2. The molecule has 1 fully saturated rings. The van der Waals surface area contributed by atoms with Gasteiger partial charge in [0.2, 0.25) is 5.82 Å². The van der Waals surface area contributed by atoms with Gasteiger partial charge in [-0.25, -0.2) is 0 Å². The van der Waals surface area contributed by atoms with E-state index in [4.69, 9.17) is 17.4 Å². The Balaban J connectivity index is 2.27. The molecule has 0 radical (unpaired) electrons. The first-order valence-corrected chi connectivity index (χ1v) is 4.62. The number of tetrazole rings is 1. The topological polar surface area (TPSA) is 92.9 Å². The smallest absolute Gasteiger partial charge is 0.263 e. The molecule has 1 aliphatic heterocycles. The summed E-state index contributed by atoms with van der Waals surface area (Å²) < 4.78 is 0.387. The Morgan fingerprint density at radius 1 is 1.64 bits per heavy atom. The van der Waals surface area contributed by atoms with Gasteiger partial charge in [0.15, 0.2) is 0 Å².